The Bertz CT molecular complexity index is 962. The van der Waals surface area contributed by atoms with Crippen LogP contribution in [-0.4, -0.2) is 26.8 Å². The molecule has 28 heavy (non-hydrogen) atoms. The number of benzene rings is 2. The van der Waals surface area contributed by atoms with E-state index in [-0.39, 0.29) is 5.91 Å². The van der Waals surface area contributed by atoms with Crippen molar-refractivity contribution in [3.8, 4) is 0 Å². The maximum atomic E-state index is 12.0. The molecule has 3 aromatic rings. The minimum Gasteiger partial charge on any atom is -0.268 e. The van der Waals surface area contributed by atoms with Crippen LogP contribution in [0.5, 0.6) is 0 Å². The lowest BCUT2D eigenvalue weighted by Crippen LogP contribution is -2.40. The van der Waals surface area contributed by atoms with E-state index in [0.717, 1.165) is 17.5 Å². The molecule has 3 rings (SSSR count). The van der Waals surface area contributed by atoms with Gasteiger partial charge in [-0.15, -0.1) is 5.10 Å². The summed E-state index contributed by atoms with van der Waals surface area (Å²) in [7, 11) is 0. The summed E-state index contributed by atoms with van der Waals surface area (Å²) in [6.07, 6.45) is 5.47. The minimum absolute atomic E-state index is 0.377. The number of hydrogen-bond acceptors (Lipinski definition) is 4. The molecule has 0 saturated heterocycles. The Kier molecular flexibility index (Phi) is 6.30. The molecule has 0 radical (unpaired) electrons. The summed E-state index contributed by atoms with van der Waals surface area (Å²) in [4.78, 5) is 23.9. The Hall–Kier alpha value is -3.74. The summed E-state index contributed by atoms with van der Waals surface area (Å²) in [5.41, 5.74) is 8.00. The SMILES string of the molecule is CCc1ccc(C(=O)NNC(=O)/C=C/c2cn(Cc3ccccc3)nn2)cc1. The molecule has 0 fully saturated rings. The van der Waals surface area contributed by atoms with Gasteiger partial charge in [0.1, 0.15) is 5.69 Å². The molecule has 2 aromatic carbocycles. The molecule has 0 aliphatic rings. The molecule has 0 aliphatic heterocycles. The summed E-state index contributed by atoms with van der Waals surface area (Å²) < 4.78 is 1.69. The average Bonchev–Trinajstić information content (AvgIpc) is 3.18. The summed E-state index contributed by atoms with van der Waals surface area (Å²) in [5, 5.41) is 8.03. The summed E-state index contributed by atoms with van der Waals surface area (Å²) in [6, 6.07) is 17.1. The van der Waals surface area contributed by atoms with E-state index in [9.17, 15) is 9.59 Å². The number of amides is 2. The fourth-order valence-corrected chi connectivity index (χ4v) is 2.52. The Morgan fingerprint density at radius 3 is 2.46 bits per heavy atom. The number of carbonyl (C=O) groups excluding carboxylic acids is 2. The zero-order chi connectivity index (χ0) is 19.8. The zero-order valence-electron chi connectivity index (χ0n) is 15.5. The molecule has 0 saturated carbocycles. The Labute approximate surface area is 163 Å². The van der Waals surface area contributed by atoms with Crippen LogP contribution in [0.1, 0.15) is 34.1 Å². The smallest absolute Gasteiger partial charge is 0.268 e. The molecule has 0 aliphatic carbocycles. The lowest BCUT2D eigenvalue weighted by atomic mass is 10.1. The van der Waals surface area contributed by atoms with Crippen molar-refractivity contribution in [2.45, 2.75) is 19.9 Å². The van der Waals surface area contributed by atoms with Gasteiger partial charge >= 0.3 is 0 Å². The van der Waals surface area contributed by atoms with Crippen molar-refractivity contribution in [2.75, 3.05) is 0 Å². The number of nitrogens with one attached hydrogen (secondary N) is 2. The number of nitrogens with zero attached hydrogens (tertiary/aromatic N) is 3. The van der Waals surface area contributed by atoms with E-state index in [2.05, 4.69) is 21.2 Å². The van der Waals surface area contributed by atoms with Crippen molar-refractivity contribution in [2.24, 2.45) is 0 Å². The van der Waals surface area contributed by atoms with Gasteiger partial charge in [0, 0.05) is 11.6 Å². The number of carbonyl (C=O) groups is 2. The highest BCUT2D eigenvalue weighted by molar-refractivity contribution is 5.97. The van der Waals surface area contributed by atoms with Gasteiger partial charge in [0.05, 0.1) is 12.7 Å². The van der Waals surface area contributed by atoms with Crippen LogP contribution in [0.4, 0.5) is 0 Å². The van der Waals surface area contributed by atoms with Crippen molar-refractivity contribution in [1.82, 2.24) is 25.8 Å². The van der Waals surface area contributed by atoms with E-state index < -0.39 is 5.91 Å². The summed E-state index contributed by atoms with van der Waals surface area (Å²) in [5.74, 6) is -0.839. The highest BCUT2D eigenvalue weighted by Gasteiger charge is 2.06. The van der Waals surface area contributed by atoms with Gasteiger partial charge < -0.3 is 0 Å². The van der Waals surface area contributed by atoms with Crippen LogP contribution in [0.25, 0.3) is 6.08 Å². The molecule has 0 atom stereocenters. The van der Waals surface area contributed by atoms with Gasteiger partial charge in [0.15, 0.2) is 0 Å². The van der Waals surface area contributed by atoms with E-state index in [1.54, 1.807) is 23.0 Å². The first-order chi connectivity index (χ1) is 13.6. The van der Waals surface area contributed by atoms with Crippen LogP contribution in [0.2, 0.25) is 0 Å². The number of rotatable bonds is 6. The van der Waals surface area contributed by atoms with Gasteiger partial charge in [-0.25, -0.2) is 4.68 Å². The van der Waals surface area contributed by atoms with Gasteiger partial charge in [0.2, 0.25) is 0 Å². The topological polar surface area (TPSA) is 88.9 Å². The van der Waals surface area contributed by atoms with E-state index in [4.69, 9.17) is 0 Å². The maximum Gasteiger partial charge on any atom is 0.269 e. The third-order valence-corrected chi connectivity index (χ3v) is 4.07. The third kappa shape index (κ3) is 5.38. The zero-order valence-corrected chi connectivity index (χ0v) is 15.5. The molecular formula is C21H21N5O2. The summed E-state index contributed by atoms with van der Waals surface area (Å²) >= 11 is 0. The monoisotopic (exact) mass is 375 g/mol. The van der Waals surface area contributed by atoms with Crippen molar-refractivity contribution in [3.63, 3.8) is 0 Å². The number of aromatic nitrogens is 3. The van der Waals surface area contributed by atoms with Crippen LogP contribution < -0.4 is 10.9 Å². The van der Waals surface area contributed by atoms with Crippen LogP contribution in [-0.2, 0) is 17.8 Å². The van der Waals surface area contributed by atoms with E-state index in [1.165, 1.54) is 12.2 Å². The average molecular weight is 375 g/mol. The fraction of sp³-hybridized carbons (Fsp3) is 0.143. The Balaban J connectivity index is 1.49. The fourth-order valence-electron chi connectivity index (χ4n) is 2.52. The molecule has 1 aromatic heterocycles. The standard InChI is InChI=1S/C21H21N5O2/c1-2-16-8-10-18(11-9-16)21(28)24-23-20(27)13-12-19-15-26(25-22-19)14-17-6-4-3-5-7-17/h3-13,15H,2,14H2,1H3,(H,23,27)(H,24,28)/b13-12+. The molecule has 7 heteroatoms. The highest BCUT2D eigenvalue weighted by atomic mass is 16.2. The molecule has 0 spiro atoms. The quantitative estimate of drug-likeness (QED) is 0.511. The van der Waals surface area contributed by atoms with Gasteiger partial charge in [-0.2, -0.15) is 0 Å². The number of hydrogen-bond donors (Lipinski definition) is 2. The predicted octanol–water partition coefficient (Wildman–Crippen LogP) is 2.36. The predicted molar refractivity (Wildman–Crippen MR) is 106 cm³/mol. The lowest BCUT2D eigenvalue weighted by Gasteiger charge is -2.05. The van der Waals surface area contributed by atoms with Crippen molar-refractivity contribution in [3.05, 3.63) is 89.3 Å². The van der Waals surface area contributed by atoms with Gasteiger partial charge in [0.25, 0.3) is 11.8 Å². The lowest BCUT2D eigenvalue weighted by molar-refractivity contribution is -0.117. The molecule has 0 unspecified atom stereocenters. The number of hydrazine groups is 1. The Morgan fingerprint density at radius 2 is 1.75 bits per heavy atom. The first-order valence-electron chi connectivity index (χ1n) is 8.95. The molecule has 0 bridgehead atoms. The number of aryl methyl sites for hydroxylation is 1. The second-order valence-corrected chi connectivity index (χ2v) is 6.15. The van der Waals surface area contributed by atoms with Gasteiger partial charge in [-0.05, 0) is 35.8 Å². The van der Waals surface area contributed by atoms with Crippen LogP contribution in [0.3, 0.4) is 0 Å². The van der Waals surface area contributed by atoms with Crippen molar-refractivity contribution >= 4 is 17.9 Å². The largest absolute Gasteiger partial charge is 0.269 e. The van der Waals surface area contributed by atoms with E-state index >= 15 is 0 Å². The molecule has 142 valence electrons. The van der Waals surface area contributed by atoms with E-state index in [1.807, 2.05) is 49.4 Å². The summed E-state index contributed by atoms with van der Waals surface area (Å²) in [6.45, 7) is 2.64. The van der Waals surface area contributed by atoms with Crippen molar-refractivity contribution in [1.29, 1.82) is 0 Å². The molecule has 2 amide bonds. The van der Waals surface area contributed by atoms with Crippen molar-refractivity contribution < 1.29 is 9.59 Å². The first kappa shape index (κ1) is 19.0. The molecule has 1 heterocycles. The van der Waals surface area contributed by atoms with Gasteiger partial charge in [-0.3, -0.25) is 20.4 Å². The minimum atomic E-state index is -0.462. The first-order valence-corrected chi connectivity index (χ1v) is 8.95. The van der Waals surface area contributed by atoms with E-state index in [0.29, 0.717) is 17.8 Å². The van der Waals surface area contributed by atoms with Crippen LogP contribution in [0, 0.1) is 0 Å². The molecule has 2 N–H and O–H groups in total. The second-order valence-electron chi connectivity index (χ2n) is 6.15. The second kappa shape index (κ2) is 9.27. The highest BCUT2D eigenvalue weighted by Crippen LogP contribution is 2.05. The molecular weight excluding hydrogens is 354 g/mol. The normalized spacial score (nSPS) is 10.8. The van der Waals surface area contributed by atoms with Crippen LogP contribution >= 0.6 is 0 Å². The third-order valence-electron chi connectivity index (χ3n) is 4.07. The maximum absolute atomic E-state index is 12.0. The molecule has 7 nitrogen and oxygen atoms in total. The van der Waals surface area contributed by atoms with Gasteiger partial charge in [-0.1, -0.05) is 54.6 Å². The Morgan fingerprint density at radius 1 is 1.00 bits per heavy atom. The van der Waals surface area contributed by atoms with Crippen LogP contribution in [0.15, 0.2) is 66.9 Å².